The highest BCUT2D eigenvalue weighted by Gasteiger charge is 2.43. The molecule has 1 radical (unpaired) electrons. The van der Waals surface area contributed by atoms with Gasteiger partial charge in [-0.1, -0.05) is 47.5 Å². The smallest absolute Gasteiger partial charge is 0.399 e. The standard InChI is InChI=1S/C20H24BCl2N2O/c1-4-26-21-25-10-9-24-13-20(25,16-7-5-14(2)18(22)11-16)17-8-6-15(3)19(23)12-17/h5-8,11-12,24H,4,9-10,13H2,1-3H3. The number of halogens is 2. The van der Waals surface area contributed by atoms with E-state index in [9.17, 15) is 0 Å². The molecule has 0 bridgehead atoms. The summed E-state index contributed by atoms with van der Waals surface area (Å²) in [7, 11) is 1.85. The van der Waals surface area contributed by atoms with E-state index in [0.717, 1.165) is 51.9 Å². The lowest BCUT2D eigenvalue weighted by Crippen LogP contribution is -2.61. The Kier molecular flexibility index (Phi) is 6.31. The molecule has 0 atom stereocenters. The zero-order chi connectivity index (χ0) is 18.7. The normalized spacial score (nSPS) is 17.3. The van der Waals surface area contributed by atoms with Gasteiger partial charge in [-0.05, 0) is 55.2 Å². The van der Waals surface area contributed by atoms with Crippen LogP contribution < -0.4 is 5.32 Å². The molecule has 0 saturated carbocycles. The van der Waals surface area contributed by atoms with Crippen molar-refractivity contribution in [3.8, 4) is 0 Å². The molecular weight excluding hydrogens is 366 g/mol. The van der Waals surface area contributed by atoms with Gasteiger partial charge >= 0.3 is 7.62 Å². The molecule has 3 nitrogen and oxygen atoms in total. The maximum absolute atomic E-state index is 6.48. The first-order valence-electron chi connectivity index (χ1n) is 8.94. The molecule has 137 valence electrons. The molecule has 2 aromatic carbocycles. The van der Waals surface area contributed by atoms with Crippen LogP contribution in [0.4, 0.5) is 0 Å². The summed E-state index contributed by atoms with van der Waals surface area (Å²) in [5, 5.41) is 5.08. The Labute approximate surface area is 166 Å². The maximum atomic E-state index is 6.48. The fourth-order valence-corrected chi connectivity index (χ4v) is 3.83. The molecule has 0 aromatic heterocycles. The number of hydrogen-bond donors (Lipinski definition) is 1. The molecule has 6 heteroatoms. The third-order valence-electron chi connectivity index (χ3n) is 5.07. The van der Waals surface area contributed by atoms with Crippen molar-refractivity contribution >= 4 is 30.8 Å². The Hall–Kier alpha value is -1.04. The zero-order valence-corrected chi connectivity index (χ0v) is 17.0. The van der Waals surface area contributed by atoms with Crippen LogP contribution in [0, 0.1) is 13.8 Å². The molecular formula is C20H24BCl2N2O. The monoisotopic (exact) mass is 389 g/mol. The van der Waals surface area contributed by atoms with E-state index < -0.39 is 5.54 Å². The third-order valence-corrected chi connectivity index (χ3v) is 5.88. The van der Waals surface area contributed by atoms with Gasteiger partial charge in [0.25, 0.3) is 0 Å². The van der Waals surface area contributed by atoms with Crippen molar-refractivity contribution in [1.82, 2.24) is 10.1 Å². The molecule has 1 heterocycles. The Morgan fingerprint density at radius 3 is 2.15 bits per heavy atom. The third kappa shape index (κ3) is 3.67. The Morgan fingerprint density at radius 1 is 1.08 bits per heavy atom. The van der Waals surface area contributed by atoms with Gasteiger partial charge in [-0.3, -0.25) is 0 Å². The van der Waals surface area contributed by atoms with Gasteiger partial charge in [0.2, 0.25) is 0 Å². The van der Waals surface area contributed by atoms with E-state index in [1.54, 1.807) is 0 Å². The highest BCUT2D eigenvalue weighted by atomic mass is 35.5. The van der Waals surface area contributed by atoms with Crippen molar-refractivity contribution in [2.24, 2.45) is 0 Å². The lowest BCUT2D eigenvalue weighted by atomic mass is 9.76. The molecule has 0 amide bonds. The first-order valence-corrected chi connectivity index (χ1v) is 9.70. The number of piperazine rings is 1. The van der Waals surface area contributed by atoms with Crippen LogP contribution in [-0.4, -0.2) is 38.7 Å². The van der Waals surface area contributed by atoms with Crippen LogP contribution in [0.3, 0.4) is 0 Å². The van der Waals surface area contributed by atoms with Crippen molar-refractivity contribution in [2.45, 2.75) is 26.3 Å². The summed E-state index contributed by atoms with van der Waals surface area (Å²) in [4.78, 5) is 2.26. The summed E-state index contributed by atoms with van der Waals surface area (Å²) in [6, 6.07) is 12.6. The summed E-state index contributed by atoms with van der Waals surface area (Å²) < 4.78 is 5.69. The fraction of sp³-hybridized carbons (Fsp3) is 0.400. The lowest BCUT2D eigenvalue weighted by molar-refractivity contribution is 0.158. The number of hydrogen-bond acceptors (Lipinski definition) is 3. The van der Waals surface area contributed by atoms with Crippen LogP contribution in [-0.2, 0) is 10.2 Å². The first-order chi connectivity index (χ1) is 12.5. The van der Waals surface area contributed by atoms with Crippen LogP contribution >= 0.6 is 23.2 Å². The Bertz CT molecular complexity index is 733. The quantitative estimate of drug-likeness (QED) is 0.770. The van der Waals surface area contributed by atoms with E-state index in [2.05, 4.69) is 46.5 Å². The van der Waals surface area contributed by atoms with Crippen molar-refractivity contribution in [1.29, 1.82) is 0 Å². The highest BCUT2D eigenvalue weighted by Crippen LogP contribution is 2.39. The highest BCUT2D eigenvalue weighted by molar-refractivity contribution is 6.31. The van der Waals surface area contributed by atoms with Gasteiger partial charge in [0.05, 0.1) is 5.54 Å². The average Bonchev–Trinajstić information content (AvgIpc) is 2.64. The number of nitrogens with one attached hydrogen (secondary N) is 1. The molecule has 1 aliphatic heterocycles. The molecule has 26 heavy (non-hydrogen) atoms. The van der Waals surface area contributed by atoms with E-state index >= 15 is 0 Å². The molecule has 3 rings (SSSR count). The molecule has 2 aromatic rings. The van der Waals surface area contributed by atoms with Crippen LogP contribution in [0.25, 0.3) is 0 Å². The van der Waals surface area contributed by atoms with Crippen LogP contribution in [0.2, 0.25) is 10.0 Å². The molecule has 1 saturated heterocycles. The Balaban J connectivity index is 2.18. The van der Waals surface area contributed by atoms with Crippen LogP contribution in [0.15, 0.2) is 36.4 Å². The summed E-state index contributed by atoms with van der Waals surface area (Å²) in [6.45, 7) is 9.13. The summed E-state index contributed by atoms with van der Waals surface area (Å²) in [5.74, 6) is 0. The van der Waals surface area contributed by atoms with E-state index in [-0.39, 0.29) is 0 Å². The lowest BCUT2D eigenvalue weighted by Gasteiger charge is -2.48. The summed E-state index contributed by atoms with van der Waals surface area (Å²) >= 11 is 13.0. The second kappa shape index (κ2) is 8.32. The minimum Gasteiger partial charge on any atom is -0.424 e. The van der Waals surface area contributed by atoms with Gasteiger partial charge in [-0.2, -0.15) is 0 Å². The Morgan fingerprint density at radius 2 is 1.65 bits per heavy atom. The molecule has 1 aliphatic rings. The predicted octanol–water partition coefficient (Wildman–Crippen LogP) is 4.33. The van der Waals surface area contributed by atoms with Crippen molar-refractivity contribution in [2.75, 3.05) is 26.2 Å². The van der Waals surface area contributed by atoms with Crippen molar-refractivity contribution in [3.05, 3.63) is 68.7 Å². The summed E-state index contributed by atoms with van der Waals surface area (Å²) in [5.41, 5.74) is 3.95. The van der Waals surface area contributed by atoms with Gasteiger partial charge in [0.1, 0.15) is 0 Å². The van der Waals surface area contributed by atoms with Crippen molar-refractivity contribution in [3.63, 3.8) is 0 Å². The minimum atomic E-state index is -0.428. The SMILES string of the molecule is CCO[B]N1CCNCC1(c1ccc(C)c(Cl)c1)c1ccc(C)c(Cl)c1. The predicted molar refractivity (Wildman–Crippen MR) is 110 cm³/mol. The van der Waals surface area contributed by atoms with Gasteiger partial charge in [-0.25, -0.2) is 0 Å². The van der Waals surface area contributed by atoms with Crippen LogP contribution in [0.1, 0.15) is 29.2 Å². The number of nitrogens with zero attached hydrogens (tertiary/aromatic N) is 1. The van der Waals surface area contributed by atoms with E-state index in [1.807, 2.05) is 28.4 Å². The molecule has 1 N–H and O–H groups in total. The fourth-order valence-electron chi connectivity index (χ4n) is 3.47. The number of benzene rings is 2. The van der Waals surface area contributed by atoms with Gasteiger partial charge in [-0.15, -0.1) is 0 Å². The average molecular weight is 390 g/mol. The minimum absolute atomic E-state index is 0.428. The molecule has 0 unspecified atom stereocenters. The summed E-state index contributed by atoms with van der Waals surface area (Å²) in [6.07, 6.45) is 0. The van der Waals surface area contributed by atoms with E-state index in [0.29, 0.717) is 6.61 Å². The van der Waals surface area contributed by atoms with Gasteiger partial charge in [0.15, 0.2) is 0 Å². The van der Waals surface area contributed by atoms with E-state index in [1.165, 1.54) is 0 Å². The topological polar surface area (TPSA) is 24.5 Å². The number of aryl methyl sites for hydroxylation is 2. The second-order valence-corrected chi connectivity index (χ2v) is 7.53. The van der Waals surface area contributed by atoms with Gasteiger partial charge < -0.3 is 14.8 Å². The number of rotatable bonds is 5. The first kappa shape index (κ1) is 19.7. The zero-order valence-electron chi connectivity index (χ0n) is 15.5. The molecule has 0 aliphatic carbocycles. The second-order valence-electron chi connectivity index (χ2n) is 6.72. The maximum Gasteiger partial charge on any atom is 0.399 e. The van der Waals surface area contributed by atoms with Crippen LogP contribution in [0.5, 0.6) is 0 Å². The largest absolute Gasteiger partial charge is 0.424 e. The molecule has 1 fully saturated rings. The van der Waals surface area contributed by atoms with Gasteiger partial charge in [0, 0.05) is 36.3 Å². The van der Waals surface area contributed by atoms with E-state index in [4.69, 9.17) is 27.9 Å². The van der Waals surface area contributed by atoms with Crippen molar-refractivity contribution < 1.29 is 4.65 Å². The molecule has 0 spiro atoms.